The Morgan fingerprint density at radius 2 is 2.08 bits per heavy atom. The Morgan fingerprint density at radius 1 is 1.29 bits per heavy atom. The number of carbonyl (C=O) groups excluding carboxylic acids is 1. The van der Waals surface area contributed by atoms with Gasteiger partial charge in [0, 0.05) is 17.8 Å². The van der Waals surface area contributed by atoms with E-state index >= 15 is 0 Å². The van der Waals surface area contributed by atoms with E-state index in [9.17, 15) is 15.0 Å². The molecule has 0 aliphatic heterocycles. The fraction of sp³-hybridized carbons (Fsp3) is 0.621. The monoisotopic (exact) mass is 533 g/mol. The number of carbonyl (C=O) groups is 1. The number of thioether (sulfide) groups is 1. The molecule has 0 radical (unpaired) electrons. The minimum Gasteiger partial charge on any atom is -0.393 e. The Kier molecular flexibility index (Phi) is 6.29. The predicted molar refractivity (Wildman–Crippen MR) is 143 cm³/mol. The fourth-order valence-corrected chi connectivity index (χ4v) is 9.42. The van der Waals surface area contributed by atoms with Crippen LogP contribution in [0.3, 0.4) is 0 Å². The second-order valence-corrected chi connectivity index (χ2v) is 13.1. The van der Waals surface area contributed by atoms with Crippen LogP contribution in [0.25, 0.3) is 6.08 Å². The van der Waals surface area contributed by atoms with Gasteiger partial charge in [0.1, 0.15) is 5.60 Å². The Balaban J connectivity index is 1.26. The van der Waals surface area contributed by atoms with Gasteiger partial charge in [0.2, 0.25) is 0 Å². The normalized spacial score (nSPS) is 37.3. The highest BCUT2D eigenvalue weighted by molar-refractivity contribution is 7.99. The number of nitrogens with zero attached hydrogens (tertiary/aromatic N) is 5. The van der Waals surface area contributed by atoms with Gasteiger partial charge >= 0.3 is 0 Å². The molecule has 2 aromatic rings. The van der Waals surface area contributed by atoms with Crippen molar-refractivity contribution in [3.63, 3.8) is 0 Å². The Bertz CT molecular complexity index is 1320. The van der Waals surface area contributed by atoms with Gasteiger partial charge in [0.15, 0.2) is 10.9 Å². The maximum absolute atomic E-state index is 13.5. The molecule has 3 saturated carbocycles. The highest BCUT2D eigenvalue weighted by Crippen LogP contribution is 2.67. The van der Waals surface area contributed by atoms with E-state index in [0.717, 1.165) is 31.4 Å². The summed E-state index contributed by atoms with van der Waals surface area (Å²) in [6, 6.07) is 3.95. The quantitative estimate of drug-likeness (QED) is 0.424. The lowest BCUT2D eigenvalue weighted by molar-refractivity contribution is -0.177. The molecule has 5 unspecified atom stereocenters. The number of aromatic nitrogens is 4. The van der Waals surface area contributed by atoms with Crippen LogP contribution in [0, 0.1) is 39.9 Å². The molecule has 38 heavy (non-hydrogen) atoms. The number of aryl methyl sites for hydroxylation is 1. The summed E-state index contributed by atoms with van der Waals surface area (Å²) in [5, 5.41) is 37.8. The van der Waals surface area contributed by atoms with Crippen molar-refractivity contribution in [2.24, 2.45) is 28.6 Å². The Labute approximate surface area is 227 Å². The first-order chi connectivity index (χ1) is 18.2. The fourth-order valence-electron chi connectivity index (χ4n) is 8.65. The smallest absolute Gasteiger partial charge is 0.187 e. The van der Waals surface area contributed by atoms with Gasteiger partial charge in [0.25, 0.3) is 0 Å². The van der Waals surface area contributed by atoms with E-state index in [-0.39, 0.29) is 34.7 Å². The Morgan fingerprint density at radius 3 is 2.84 bits per heavy atom. The summed E-state index contributed by atoms with van der Waals surface area (Å²) < 4.78 is 1.94. The number of fused-ring (bicyclic) bond motifs is 6. The Hall–Kier alpha value is -2.54. The third-order valence-electron chi connectivity index (χ3n) is 10.4. The SMILES string of the molecule is CC12Cc3cnn(CCC#N)c3C=C1CCC1C2[C@@H](O)CC2(C)C1CC[C@]2(O)C(=O)CSc1ncccn1. The van der Waals surface area contributed by atoms with E-state index in [2.05, 4.69) is 34.1 Å². The molecule has 2 N–H and O–H groups in total. The second-order valence-electron chi connectivity index (χ2n) is 12.1. The van der Waals surface area contributed by atoms with E-state index in [1.807, 2.05) is 17.8 Å². The van der Waals surface area contributed by atoms with Crippen molar-refractivity contribution in [1.29, 1.82) is 5.26 Å². The number of aliphatic hydroxyl groups is 2. The van der Waals surface area contributed by atoms with E-state index in [1.54, 1.807) is 18.5 Å². The van der Waals surface area contributed by atoms with Gasteiger partial charge in [-0.2, -0.15) is 10.4 Å². The first-order valence-electron chi connectivity index (χ1n) is 13.7. The highest BCUT2D eigenvalue weighted by atomic mass is 32.2. The van der Waals surface area contributed by atoms with Crippen LogP contribution in [0.4, 0.5) is 0 Å². The summed E-state index contributed by atoms with van der Waals surface area (Å²) in [7, 11) is 0. The van der Waals surface area contributed by atoms with E-state index in [0.29, 0.717) is 31.0 Å². The summed E-state index contributed by atoms with van der Waals surface area (Å²) in [6.45, 7) is 4.92. The highest BCUT2D eigenvalue weighted by Gasteiger charge is 2.68. The molecule has 6 rings (SSSR count). The third-order valence-corrected chi connectivity index (χ3v) is 11.3. The predicted octanol–water partition coefficient (Wildman–Crippen LogP) is 3.83. The number of allylic oxidation sites excluding steroid dienone is 1. The summed E-state index contributed by atoms with van der Waals surface area (Å²) in [5.41, 5.74) is 1.32. The van der Waals surface area contributed by atoms with Crippen molar-refractivity contribution in [3.8, 4) is 6.07 Å². The summed E-state index contributed by atoms with van der Waals surface area (Å²) in [5.74, 6) is 0.436. The van der Waals surface area contributed by atoms with E-state index in [1.165, 1.54) is 22.9 Å². The number of hydrogen-bond donors (Lipinski definition) is 2. The van der Waals surface area contributed by atoms with Gasteiger partial charge < -0.3 is 10.2 Å². The number of aliphatic hydroxyl groups excluding tert-OH is 1. The van der Waals surface area contributed by atoms with E-state index < -0.39 is 17.1 Å². The van der Waals surface area contributed by atoms with Crippen molar-refractivity contribution >= 4 is 23.6 Å². The van der Waals surface area contributed by atoms with Gasteiger partial charge in [0.05, 0.1) is 42.8 Å². The number of rotatable bonds is 6. The van der Waals surface area contributed by atoms with E-state index in [4.69, 9.17) is 5.26 Å². The minimum absolute atomic E-state index is 0.0701. The zero-order valence-electron chi connectivity index (χ0n) is 22.0. The molecule has 9 heteroatoms. The maximum Gasteiger partial charge on any atom is 0.187 e. The molecular formula is C29H35N5O3S. The largest absolute Gasteiger partial charge is 0.393 e. The molecule has 4 aliphatic rings. The van der Waals surface area contributed by atoms with Crippen LogP contribution in [-0.4, -0.2) is 53.2 Å². The first-order valence-corrected chi connectivity index (χ1v) is 14.7. The number of ketones is 1. The average molecular weight is 534 g/mol. The van der Waals surface area contributed by atoms with Crippen molar-refractivity contribution in [2.45, 2.75) is 82.2 Å². The number of nitriles is 1. The minimum atomic E-state index is -1.45. The number of Topliss-reactive ketones (excluding diaryl/α,β-unsaturated/α-hetero) is 1. The van der Waals surface area contributed by atoms with Gasteiger partial charge in [-0.3, -0.25) is 9.48 Å². The van der Waals surface area contributed by atoms with Crippen LogP contribution in [0.5, 0.6) is 0 Å². The average Bonchev–Trinajstić information content (AvgIpc) is 3.41. The zero-order chi connectivity index (χ0) is 26.7. The summed E-state index contributed by atoms with van der Waals surface area (Å²) in [6.07, 6.45) is 11.7. The molecular weight excluding hydrogens is 498 g/mol. The van der Waals surface area contributed by atoms with Gasteiger partial charge in [-0.1, -0.05) is 31.2 Å². The topological polar surface area (TPSA) is 125 Å². The zero-order valence-corrected chi connectivity index (χ0v) is 22.8. The van der Waals surface area contributed by atoms with Crippen molar-refractivity contribution in [2.75, 3.05) is 5.75 Å². The van der Waals surface area contributed by atoms with Gasteiger partial charge in [-0.25, -0.2) is 9.97 Å². The number of hydrogen-bond acceptors (Lipinski definition) is 8. The van der Waals surface area contributed by atoms with Crippen LogP contribution in [0.1, 0.15) is 63.6 Å². The molecule has 200 valence electrons. The maximum atomic E-state index is 13.5. The van der Waals surface area contributed by atoms with Crippen molar-refractivity contribution in [1.82, 2.24) is 19.7 Å². The van der Waals surface area contributed by atoms with Crippen molar-refractivity contribution < 1.29 is 15.0 Å². The molecule has 7 atom stereocenters. The van der Waals surface area contributed by atoms with Gasteiger partial charge in [-0.05, 0) is 79.4 Å². The van der Waals surface area contributed by atoms with Crippen molar-refractivity contribution in [3.05, 3.63) is 41.5 Å². The third kappa shape index (κ3) is 3.71. The molecule has 0 saturated heterocycles. The van der Waals surface area contributed by atoms with Crippen LogP contribution in [0.15, 0.2) is 35.4 Å². The first kappa shape index (κ1) is 25.7. The summed E-state index contributed by atoms with van der Waals surface area (Å²) in [4.78, 5) is 21.9. The standard InChI is InChI=1S/C29H35N5O3S/c1-27-14-18-16-33-34(12-3-9-30)22(18)13-19(27)5-6-20-21-7-8-29(37,28(21,2)15-23(35)25(20)27)24(36)17-38-26-31-10-4-11-32-26/h4,10-11,13,16,20-21,23,25,35,37H,3,5-8,12,14-15,17H2,1-2H3/t20?,21?,23-,25?,27?,28?,29-/m0/s1. The molecule has 3 fully saturated rings. The lowest BCUT2D eigenvalue weighted by Gasteiger charge is -2.60. The molecule has 4 aliphatic carbocycles. The van der Waals surface area contributed by atoms with Crippen LogP contribution >= 0.6 is 11.8 Å². The molecule has 0 spiro atoms. The molecule has 2 aromatic heterocycles. The van der Waals surface area contributed by atoms with Crippen LogP contribution in [-0.2, 0) is 17.8 Å². The summed E-state index contributed by atoms with van der Waals surface area (Å²) >= 11 is 1.26. The molecule has 0 bridgehead atoms. The van der Waals surface area contributed by atoms with Gasteiger partial charge in [-0.15, -0.1) is 0 Å². The molecule has 2 heterocycles. The van der Waals surface area contributed by atoms with Crippen LogP contribution < -0.4 is 0 Å². The lowest BCUT2D eigenvalue weighted by atomic mass is 9.45. The molecule has 0 amide bonds. The molecule has 0 aromatic carbocycles. The second kappa shape index (κ2) is 9.29. The van der Waals surface area contributed by atoms with Crippen LogP contribution in [0.2, 0.25) is 0 Å². The molecule has 8 nitrogen and oxygen atoms in total. The lowest BCUT2D eigenvalue weighted by Crippen LogP contribution is -2.62.